The molecule has 0 fully saturated rings. The Morgan fingerprint density at radius 3 is 2.09 bits per heavy atom. The molecule has 182 valence electrons. The van der Waals surface area contributed by atoms with E-state index in [2.05, 4.69) is 114 Å². The minimum Gasteiger partial charge on any atom is -0.147 e. The Kier molecular flexibility index (Phi) is 8.97. The second-order valence-corrected chi connectivity index (χ2v) is 27.5. The molecule has 4 heteroatoms. The largest absolute Gasteiger partial charge is 0.147 e. The van der Waals surface area contributed by atoms with Crippen molar-refractivity contribution >= 4 is 47.1 Å². The summed E-state index contributed by atoms with van der Waals surface area (Å²) in [6.07, 6.45) is 2.54. The molecule has 0 N–H and O–H groups in total. The molecule has 0 saturated carbocycles. The van der Waals surface area contributed by atoms with Gasteiger partial charge in [-0.3, -0.25) is 0 Å². The molecule has 3 aromatic rings. The number of rotatable bonds is 3. The second-order valence-electron chi connectivity index (χ2n) is 10.2. The quantitative estimate of drug-likeness (QED) is 0.263. The van der Waals surface area contributed by atoms with Crippen LogP contribution in [0.25, 0.3) is 28.0 Å². The Bertz CT molecular complexity index is 1440. The molecule has 0 heterocycles. The number of fused-ring (bicyclic) bond motifs is 2. The van der Waals surface area contributed by atoms with E-state index in [4.69, 9.17) is 0 Å². The average Bonchev–Trinajstić information content (AvgIpc) is 3.23. The van der Waals surface area contributed by atoms with E-state index in [0.29, 0.717) is 9.54 Å². The maximum absolute atomic E-state index is 2.61. The zero-order valence-electron chi connectivity index (χ0n) is 21.8. The Morgan fingerprint density at radius 2 is 1.46 bits per heavy atom. The van der Waals surface area contributed by atoms with Gasteiger partial charge in [0.05, 0.1) is 0 Å². The van der Waals surface area contributed by atoms with Crippen LogP contribution in [0.5, 0.6) is 0 Å². The van der Waals surface area contributed by atoms with Crippen molar-refractivity contribution in [2.24, 2.45) is 5.92 Å². The molecule has 2 aliphatic rings. The molecule has 0 aromatic heterocycles. The Hall–Kier alpha value is -1.18. The molecule has 5 rings (SSSR count). The molecule has 2 atom stereocenters. The Balaban J connectivity index is 0.00000171. The monoisotopic (exact) mass is 596 g/mol. The number of halogens is 2. The van der Waals surface area contributed by atoms with Crippen molar-refractivity contribution in [2.45, 2.75) is 51.3 Å². The van der Waals surface area contributed by atoms with Gasteiger partial charge in [-0.1, -0.05) is 0 Å². The SMILES string of the molecule is CC1=Cc2c(-c3ccc4ccccc4c3)cccc2[CH]1[Zr]([C]1=C(C)C(C)=C(C)C1C)=[Si](C)C.Cl.Cl. The van der Waals surface area contributed by atoms with Crippen LogP contribution in [0.3, 0.4) is 0 Å². The molecular weight excluding hydrogens is 563 g/mol. The maximum atomic E-state index is 2.61. The van der Waals surface area contributed by atoms with Crippen molar-refractivity contribution in [3.05, 3.63) is 97.4 Å². The van der Waals surface area contributed by atoms with Gasteiger partial charge in [0.1, 0.15) is 0 Å². The number of hydrogen-bond acceptors (Lipinski definition) is 0. The van der Waals surface area contributed by atoms with Crippen molar-refractivity contribution in [1.82, 2.24) is 0 Å². The van der Waals surface area contributed by atoms with E-state index >= 15 is 0 Å². The van der Waals surface area contributed by atoms with Crippen LogP contribution in [0, 0.1) is 5.92 Å². The third-order valence-electron chi connectivity index (χ3n) is 8.10. The predicted molar refractivity (Wildman–Crippen MR) is 158 cm³/mol. The van der Waals surface area contributed by atoms with E-state index in [-0.39, 0.29) is 30.2 Å². The van der Waals surface area contributed by atoms with Crippen LogP contribution >= 0.6 is 24.8 Å². The number of hydrogen-bond donors (Lipinski definition) is 0. The Morgan fingerprint density at radius 1 is 0.771 bits per heavy atom. The van der Waals surface area contributed by atoms with Gasteiger partial charge >= 0.3 is 208 Å². The van der Waals surface area contributed by atoms with Crippen molar-refractivity contribution in [3.8, 4) is 11.1 Å². The molecule has 0 aliphatic heterocycles. The smallest absolute Gasteiger partial charge is 0.147 e. The molecular formula is C31H36Cl2SiZr. The standard InChI is InChI=1S/C20H15.C9H13.C2H6Si.2ClH.Zr/c1-14-11-17-7-4-8-19(20(17)12-14)18-10-9-15-5-2-3-6-16(15)13-18;1-6-5-7(2)9(4)8(6)3;1-3-2;;;/h2-13H,1H3;6H,1-4H3;1-2H3;2*1H;. The van der Waals surface area contributed by atoms with Gasteiger partial charge in [0, 0.05) is 0 Å². The van der Waals surface area contributed by atoms with E-state index < -0.39 is 20.4 Å². The number of benzene rings is 3. The summed E-state index contributed by atoms with van der Waals surface area (Å²) in [5, 5.41) is 2.64. The van der Waals surface area contributed by atoms with Crippen LogP contribution in [-0.4, -0.2) is 5.43 Å². The summed E-state index contributed by atoms with van der Waals surface area (Å²) in [6.45, 7) is 17.3. The summed E-state index contributed by atoms with van der Waals surface area (Å²) in [4.78, 5) is 0. The molecule has 0 spiro atoms. The Labute approximate surface area is 231 Å². The molecule has 0 saturated heterocycles. The van der Waals surface area contributed by atoms with Crippen LogP contribution in [0.1, 0.15) is 49.4 Å². The third-order valence-corrected chi connectivity index (χ3v) is 27.1. The first-order valence-electron chi connectivity index (χ1n) is 12.2. The number of allylic oxidation sites excluding steroid dienone is 5. The van der Waals surface area contributed by atoms with E-state index in [1.54, 1.807) is 27.9 Å². The van der Waals surface area contributed by atoms with Gasteiger partial charge in [0.2, 0.25) is 0 Å². The van der Waals surface area contributed by atoms with E-state index in [9.17, 15) is 0 Å². The summed E-state index contributed by atoms with van der Waals surface area (Å²) in [7, 11) is 0. The van der Waals surface area contributed by atoms with Crippen molar-refractivity contribution in [1.29, 1.82) is 0 Å². The fraction of sp³-hybridized carbons (Fsp3) is 0.290. The predicted octanol–water partition coefficient (Wildman–Crippen LogP) is 9.94. The van der Waals surface area contributed by atoms with Gasteiger partial charge in [-0.05, 0) is 0 Å². The van der Waals surface area contributed by atoms with E-state index in [0.717, 1.165) is 0 Å². The van der Waals surface area contributed by atoms with Crippen LogP contribution < -0.4 is 0 Å². The average molecular weight is 599 g/mol. The molecule has 0 nitrogen and oxygen atoms in total. The molecule has 0 amide bonds. The molecule has 0 bridgehead atoms. The zero-order chi connectivity index (χ0) is 23.4. The summed E-state index contributed by atoms with van der Waals surface area (Å²) in [6, 6.07) is 22.8. The normalized spacial score (nSPS) is 18.8. The van der Waals surface area contributed by atoms with Gasteiger partial charge in [0.25, 0.3) is 0 Å². The molecule has 2 unspecified atom stereocenters. The maximum Gasteiger partial charge on any atom is -0.147 e. The third kappa shape index (κ3) is 4.77. The summed E-state index contributed by atoms with van der Waals surface area (Å²) in [5.41, 5.74) is 12.0. The van der Waals surface area contributed by atoms with Crippen molar-refractivity contribution in [3.63, 3.8) is 0 Å². The zero-order valence-corrected chi connectivity index (χ0v) is 26.9. The van der Waals surface area contributed by atoms with Crippen molar-refractivity contribution in [2.75, 3.05) is 0 Å². The van der Waals surface area contributed by atoms with Gasteiger partial charge in [-0.15, -0.1) is 24.8 Å². The fourth-order valence-corrected chi connectivity index (χ4v) is 26.7. The first kappa shape index (κ1) is 28.4. The first-order valence-corrected chi connectivity index (χ1v) is 21.0. The summed E-state index contributed by atoms with van der Waals surface area (Å²) in [5.74, 6) is 0.653. The molecule has 35 heavy (non-hydrogen) atoms. The first-order chi connectivity index (χ1) is 15.8. The van der Waals surface area contributed by atoms with Gasteiger partial charge in [-0.2, -0.15) is 0 Å². The van der Waals surface area contributed by atoms with Crippen molar-refractivity contribution < 1.29 is 20.4 Å². The fourth-order valence-electron chi connectivity index (χ4n) is 6.06. The minimum atomic E-state index is -1.94. The van der Waals surface area contributed by atoms with Gasteiger partial charge < -0.3 is 0 Å². The van der Waals surface area contributed by atoms with Crippen LogP contribution in [0.15, 0.2) is 86.2 Å². The minimum absolute atomic E-state index is 0. The van der Waals surface area contributed by atoms with Gasteiger partial charge in [-0.25, -0.2) is 0 Å². The summed E-state index contributed by atoms with van der Waals surface area (Å²) < 4.78 is 2.60. The van der Waals surface area contributed by atoms with E-state index in [1.165, 1.54) is 27.5 Å². The van der Waals surface area contributed by atoms with Crippen LogP contribution in [-0.2, 0) is 20.4 Å². The molecule has 0 radical (unpaired) electrons. The second kappa shape index (κ2) is 11.1. The molecule has 3 aromatic carbocycles. The molecule has 2 aliphatic carbocycles. The van der Waals surface area contributed by atoms with Crippen LogP contribution in [0.4, 0.5) is 0 Å². The summed E-state index contributed by atoms with van der Waals surface area (Å²) >= 11 is -1.94. The topological polar surface area (TPSA) is 0 Å². The van der Waals surface area contributed by atoms with Gasteiger partial charge in [0.15, 0.2) is 0 Å². The van der Waals surface area contributed by atoms with E-state index in [1.807, 2.05) is 3.28 Å². The van der Waals surface area contributed by atoms with Crippen LogP contribution in [0.2, 0.25) is 13.1 Å².